The number of rotatable bonds is 4. The molecule has 0 unspecified atom stereocenters. The first-order valence-corrected chi connectivity index (χ1v) is 10.6. The van der Waals surface area contributed by atoms with Gasteiger partial charge in [-0.05, 0) is 30.2 Å². The van der Waals surface area contributed by atoms with E-state index < -0.39 is 23.5 Å². The molecule has 0 saturated heterocycles. The summed E-state index contributed by atoms with van der Waals surface area (Å²) in [5, 5.41) is 2.93. The van der Waals surface area contributed by atoms with Crippen LogP contribution in [-0.4, -0.2) is 51.8 Å². The van der Waals surface area contributed by atoms with Gasteiger partial charge in [0.05, 0.1) is 6.54 Å². The van der Waals surface area contributed by atoms with Gasteiger partial charge in [0, 0.05) is 42.6 Å². The van der Waals surface area contributed by atoms with Crippen molar-refractivity contribution in [2.45, 2.75) is 13.1 Å². The van der Waals surface area contributed by atoms with Crippen molar-refractivity contribution in [3.05, 3.63) is 58.5 Å². The minimum atomic E-state index is -4.77. The van der Waals surface area contributed by atoms with E-state index in [1.165, 1.54) is 0 Å². The summed E-state index contributed by atoms with van der Waals surface area (Å²) < 4.78 is 40.2. The highest BCUT2D eigenvalue weighted by molar-refractivity contribution is 6.36. The molecule has 3 aromatic rings. The van der Waals surface area contributed by atoms with Crippen LogP contribution in [0.1, 0.15) is 32.9 Å². The molecule has 35 heavy (non-hydrogen) atoms. The van der Waals surface area contributed by atoms with Crippen LogP contribution in [0.2, 0.25) is 0 Å². The number of amides is 1. The lowest BCUT2D eigenvalue weighted by Gasteiger charge is -2.28. The van der Waals surface area contributed by atoms with E-state index >= 15 is 0 Å². The minimum absolute atomic E-state index is 0.251. The predicted molar refractivity (Wildman–Crippen MR) is 125 cm³/mol. The quantitative estimate of drug-likeness (QED) is 0.588. The second-order valence-electron chi connectivity index (χ2n) is 7.99. The molecule has 5 rings (SSSR count). The maximum atomic E-state index is 13.4. The summed E-state index contributed by atoms with van der Waals surface area (Å²) in [6.07, 6.45) is -1.16. The molecule has 0 bridgehead atoms. The third-order valence-electron chi connectivity index (χ3n) is 5.71. The molecule has 0 aliphatic carbocycles. The average molecular weight is 480 g/mol. The highest BCUT2D eigenvalue weighted by Crippen LogP contribution is 2.37. The Morgan fingerprint density at radius 2 is 1.97 bits per heavy atom. The molecule has 1 amide bonds. The number of nitrogens with one attached hydrogen (secondary N) is 1. The second-order valence-corrected chi connectivity index (χ2v) is 7.99. The zero-order valence-electron chi connectivity index (χ0n) is 18.7. The number of primary amides is 1. The number of carbonyl (C=O) groups excluding carboxylic acids is 1. The number of hydrogen-bond acceptors (Lipinski definition) is 8. The number of halogens is 3. The zero-order valence-corrected chi connectivity index (χ0v) is 18.7. The summed E-state index contributed by atoms with van der Waals surface area (Å²) in [5.41, 5.74) is 6.94. The summed E-state index contributed by atoms with van der Waals surface area (Å²) in [5.74, 6) is 0.595. The molecule has 0 radical (unpaired) electrons. The molecular weight excluding hydrogens is 461 g/mol. The van der Waals surface area contributed by atoms with Crippen LogP contribution in [0, 0.1) is 6.92 Å². The minimum Gasteiger partial charge on any atom is -0.364 e. The molecule has 0 saturated carbocycles. The van der Waals surface area contributed by atoms with Gasteiger partial charge in [0.1, 0.15) is 23.0 Å². The normalized spacial score (nSPS) is 14.7. The van der Waals surface area contributed by atoms with Gasteiger partial charge < -0.3 is 16.0 Å². The molecule has 9 nitrogen and oxygen atoms in total. The van der Waals surface area contributed by atoms with Gasteiger partial charge >= 0.3 is 6.18 Å². The largest absolute Gasteiger partial charge is 0.433 e. The Balaban J connectivity index is 1.66. The van der Waals surface area contributed by atoms with Gasteiger partial charge in [-0.3, -0.25) is 9.79 Å². The fraction of sp³-hybridized carbons (Fsp3) is 0.217. The number of fused-ring (bicyclic) bond motifs is 3. The number of carbonyl (C=O) groups is 1. The Kier molecular flexibility index (Phi) is 5.23. The van der Waals surface area contributed by atoms with Gasteiger partial charge in [-0.2, -0.15) is 18.2 Å². The van der Waals surface area contributed by atoms with Crippen molar-refractivity contribution >= 4 is 35.2 Å². The van der Waals surface area contributed by atoms with Crippen molar-refractivity contribution in [1.29, 1.82) is 0 Å². The zero-order chi connectivity index (χ0) is 24.9. The molecule has 3 N–H and O–H groups in total. The number of aryl methyl sites for hydroxylation is 1. The molecule has 0 spiro atoms. The van der Waals surface area contributed by atoms with E-state index in [9.17, 15) is 18.0 Å². The van der Waals surface area contributed by atoms with Crippen LogP contribution in [0.5, 0.6) is 0 Å². The number of aromatic nitrogens is 4. The lowest BCUT2D eigenvalue weighted by Crippen LogP contribution is -2.32. The van der Waals surface area contributed by atoms with E-state index in [1.54, 1.807) is 31.4 Å². The van der Waals surface area contributed by atoms with Crippen LogP contribution in [-0.2, 0) is 6.18 Å². The van der Waals surface area contributed by atoms with Gasteiger partial charge in [-0.15, -0.1) is 0 Å². The summed E-state index contributed by atoms with van der Waals surface area (Å²) in [6, 6.07) is 5.60. The molecular formula is C23H19F3N8O. The first-order valence-electron chi connectivity index (χ1n) is 10.6. The highest BCUT2D eigenvalue weighted by atomic mass is 19.4. The van der Waals surface area contributed by atoms with Gasteiger partial charge in [-0.1, -0.05) is 12.1 Å². The maximum absolute atomic E-state index is 13.4. The first-order chi connectivity index (χ1) is 16.7. The number of nitrogens with zero attached hydrogens (tertiary/aromatic N) is 6. The Labute approximate surface area is 197 Å². The third-order valence-corrected chi connectivity index (χ3v) is 5.71. The van der Waals surface area contributed by atoms with Crippen molar-refractivity contribution in [3.8, 4) is 11.4 Å². The fourth-order valence-corrected chi connectivity index (χ4v) is 4.02. The lowest BCUT2D eigenvalue weighted by molar-refractivity contribution is -0.141. The van der Waals surface area contributed by atoms with Crippen LogP contribution in [0.25, 0.3) is 23.0 Å². The van der Waals surface area contributed by atoms with E-state index in [4.69, 9.17) is 5.73 Å². The molecule has 1 aromatic carbocycles. The summed E-state index contributed by atoms with van der Waals surface area (Å²) in [4.78, 5) is 34.8. The van der Waals surface area contributed by atoms with E-state index in [1.807, 2.05) is 17.9 Å². The Bertz CT molecular complexity index is 1430. The Morgan fingerprint density at radius 3 is 2.69 bits per heavy atom. The molecule has 2 aliphatic rings. The number of nitrogens with two attached hydrogens (primary N) is 1. The predicted octanol–water partition coefficient (Wildman–Crippen LogP) is 3.17. The molecule has 4 heterocycles. The van der Waals surface area contributed by atoms with Crippen molar-refractivity contribution < 1.29 is 18.0 Å². The van der Waals surface area contributed by atoms with Crippen molar-refractivity contribution in [1.82, 2.24) is 19.9 Å². The van der Waals surface area contributed by atoms with Gasteiger partial charge in [0.25, 0.3) is 5.91 Å². The fourth-order valence-electron chi connectivity index (χ4n) is 4.02. The molecule has 0 fully saturated rings. The Hall–Kier alpha value is -4.35. The summed E-state index contributed by atoms with van der Waals surface area (Å²) >= 11 is 0. The number of amidine groups is 1. The van der Waals surface area contributed by atoms with Crippen LogP contribution in [0.3, 0.4) is 0 Å². The average Bonchev–Trinajstić information content (AvgIpc) is 3.33. The molecule has 0 atom stereocenters. The van der Waals surface area contributed by atoms with Crippen LogP contribution in [0.4, 0.5) is 24.9 Å². The van der Waals surface area contributed by atoms with Crippen molar-refractivity contribution in [3.63, 3.8) is 0 Å². The van der Waals surface area contributed by atoms with Crippen molar-refractivity contribution in [2.75, 3.05) is 30.4 Å². The smallest absolute Gasteiger partial charge is 0.364 e. The number of anilines is 2. The second kappa shape index (κ2) is 8.15. The van der Waals surface area contributed by atoms with Crippen LogP contribution >= 0.6 is 0 Å². The monoisotopic (exact) mass is 480 g/mol. The third kappa shape index (κ3) is 3.96. The van der Waals surface area contributed by atoms with Gasteiger partial charge in [-0.25, -0.2) is 15.0 Å². The number of aliphatic imine (C=N–C) groups is 1. The lowest BCUT2D eigenvalue weighted by atomic mass is 9.93. The SMILES string of the molecule is CNc1ncc2c(n1)N1CCN=C1C(c1cc(-c3nc(C(N)=O)cc(C(F)(F)F)n3)ccc1C)=C2. The van der Waals surface area contributed by atoms with Crippen LogP contribution < -0.4 is 16.0 Å². The number of alkyl halides is 3. The van der Waals surface area contributed by atoms with E-state index in [2.05, 4.69) is 30.2 Å². The number of hydrogen-bond donors (Lipinski definition) is 2. The first kappa shape index (κ1) is 22.4. The molecule has 2 aromatic heterocycles. The topological polar surface area (TPSA) is 122 Å². The maximum Gasteiger partial charge on any atom is 0.433 e. The van der Waals surface area contributed by atoms with E-state index in [-0.39, 0.29) is 5.82 Å². The van der Waals surface area contributed by atoms with Gasteiger partial charge in [0.15, 0.2) is 5.82 Å². The van der Waals surface area contributed by atoms with Gasteiger partial charge in [0.2, 0.25) is 5.95 Å². The van der Waals surface area contributed by atoms with E-state index in [0.717, 1.165) is 28.1 Å². The molecule has 12 heteroatoms. The van der Waals surface area contributed by atoms with Crippen molar-refractivity contribution in [2.24, 2.45) is 10.7 Å². The molecule has 178 valence electrons. The van der Waals surface area contributed by atoms with E-state index in [0.29, 0.717) is 36.5 Å². The molecule has 2 aliphatic heterocycles. The summed E-state index contributed by atoms with van der Waals surface area (Å²) in [6.45, 7) is 3.09. The standard InChI is InChI=1S/C23H19F3N8O/c1-11-3-4-12(19-31-16(18(27)35)9-17(32-19)23(24,25)26)7-14(11)15-8-13-10-30-22(28-2)33-20(13)34-6-5-29-21(15)34/h3-4,7-10H,5-6H2,1-2H3,(H2,27,35)(H,28,30,33). The number of benzene rings is 1. The Morgan fingerprint density at radius 1 is 1.17 bits per heavy atom. The summed E-state index contributed by atoms with van der Waals surface area (Å²) in [7, 11) is 1.74. The highest BCUT2D eigenvalue weighted by Gasteiger charge is 2.35. The van der Waals surface area contributed by atoms with Crippen LogP contribution in [0.15, 0.2) is 35.5 Å².